The van der Waals surface area contributed by atoms with E-state index in [-0.39, 0.29) is 0 Å². The van der Waals surface area contributed by atoms with Gasteiger partial charge in [0.25, 0.3) is 0 Å². The first kappa shape index (κ1) is 13.3. The lowest BCUT2D eigenvalue weighted by molar-refractivity contribution is 0.548. The third kappa shape index (κ3) is 4.38. The van der Waals surface area contributed by atoms with Gasteiger partial charge < -0.3 is 0 Å². The van der Waals surface area contributed by atoms with Crippen LogP contribution in [0.15, 0.2) is 36.0 Å². The smallest absolute Gasteiger partial charge is 0.0225 e. The van der Waals surface area contributed by atoms with Gasteiger partial charge in [-0.25, -0.2) is 0 Å². The first-order valence-corrected chi connectivity index (χ1v) is 6.65. The molecule has 0 heteroatoms. The van der Waals surface area contributed by atoms with Gasteiger partial charge in [0.2, 0.25) is 0 Å². The Bertz CT molecular complexity index is 272. The van der Waals surface area contributed by atoms with E-state index in [9.17, 15) is 0 Å². The summed E-state index contributed by atoms with van der Waals surface area (Å²) in [5, 5.41) is 0. The molecule has 0 unspecified atom stereocenters. The van der Waals surface area contributed by atoms with Crippen LogP contribution in [0.25, 0.3) is 0 Å². The van der Waals surface area contributed by atoms with Gasteiger partial charge in [0.15, 0.2) is 0 Å². The predicted octanol–water partition coefficient (Wildman–Crippen LogP) is 5.28. The molecule has 0 aromatic carbocycles. The van der Waals surface area contributed by atoms with Gasteiger partial charge in [-0.1, -0.05) is 75.5 Å². The largest absolute Gasteiger partial charge is 0.0956 e. The number of hydrogen-bond donors (Lipinski definition) is 0. The highest BCUT2D eigenvalue weighted by Gasteiger charge is 2.15. The molecule has 1 saturated carbocycles. The molecule has 0 radical (unpaired) electrons. The number of allylic oxidation sites excluding steroid dienone is 5. The molecule has 0 spiro atoms. The summed E-state index contributed by atoms with van der Waals surface area (Å²) in [6, 6.07) is 0. The van der Waals surface area contributed by atoms with Gasteiger partial charge in [0.1, 0.15) is 0 Å². The second kappa shape index (κ2) is 6.73. The summed E-state index contributed by atoms with van der Waals surface area (Å²) in [6.45, 7) is 10.6. The van der Waals surface area contributed by atoms with Gasteiger partial charge in [0, 0.05) is 0 Å². The molecule has 0 atom stereocenters. The van der Waals surface area contributed by atoms with Crippen molar-refractivity contribution in [1.82, 2.24) is 0 Å². The van der Waals surface area contributed by atoms with E-state index < -0.39 is 0 Å². The molecule has 1 aliphatic carbocycles. The van der Waals surface area contributed by atoms with Crippen molar-refractivity contribution in [1.29, 1.82) is 0 Å². The van der Waals surface area contributed by atoms with Crippen molar-refractivity contribution < 1.29 is 0 Å². The van der Waals surface area contributed by atoms with Crippen LogP contribution in [0.1, 0.15) is 52.9 Å². The van der Waals surface area contributed by atoms with Crippen LogP contribution in [-0.2, 0) is 0 Å². The van der Waals surface area contributed by atoms with E-state index in [2.05, 4.69) is 45.6 Å². The van der Waals surface area contributed by atoms with Crippen LogP contribution in [0.3, 0.4) is 0 Å². The zero-order valence-electron chi connectivity index (χ0n) is 11.1. The molecule has 1 aliphatic rings. The maximum atomic E-state index is 4.08. The topological polar surface area (TPSA) is 0 Å². The van der Waals surface area contributed by atoms with Gasteiger partial charge in [-0.15, -0.1) is 0 Å². The average molecular weight is 218 g/mol. The molecule has 1 rings (SSSR count). The summed E-state index contributed by atoms with van der Waals surface area (Å²) in [4.78, 5) is 0. The Morgan fingerprint density at radius 1 is 1.25 bits per heavy atom. The number of rotatable bonds is 5. The highest BCUT2D eigenvalue weighted by Crippen LogP contribution is 2.30. The first-order valence-electron chi connectivity index (χ1n) is 6.65. The maximum Gasteiger partial charge on any atom is -0.0225 e. The third-order valence-electron chi connectivity index (χ3n) is 3.62. The minimum atomic E-state index is 0.556. The highest BCUT2D eigenvalue weighted by atomic mass is 14.2. The highest BCUT2D eigenvalue weighted by molar-refractivity contribution is 5.27. The lowest BCUT2D eigenvalue weighted by atomic mass is 9.96. The Balaban J connectivity index is 2.45. The zero-order valence-corrected chi connectivity index (χ0v) is 11.1. The summed E-state index contributed by atoms with van der Waals surface area (Å²) in [6.07, 6.45) is 13.7. The van der Waals surface area contributed by atoms with E-state index in [1.54, 1.807) is 0 Å². The van der Waals surface area contributed by atoms with E-state index in [0.29, 0.717) is 5.92 Å². The fraction of sp³-hybridized carbons (Fsp3) is 0.625. The molecular weight excluding hydrogens is 192 g/mol. The fourth-order valence-corrected chi connectivity index (χ4v) is 2.24. The molecule has 16 heavy (non-hydrogen) atoms. The minimum Gasteiger partial charge on any atom is -0.0956 e. The van der Waals surface area contributed by atoms with Crippen molar-refractivity contribution in [2.24, 2.45) is 11.8 Å². The van der Waals surface area contributed by atoms with Crippen molar-refractivity contribution in [2.45, 2.75) is 52.9 Å². The van der Waals surface area contributed by atoms with Gasteiger partial charge >= 0.3 is 0 Å². The van der Waals surface area contributed by atoms with Crippen LogP contribution in [0.4, 0.5) is 0 Å². The van der Waals surface area contributed by atoms with Crippen LogP contribution in [-0.4, -0.2) is 0 Å². The van der Waals surface area contributed by atoms with E-state index in [1.165, 1.54) is 43.3 Å². The quantitative estimate of drug-likeness (QED) is 0.551. The summed E-state index contributed by atoms with van der Waals surface area (Å²) in [7, 11) is 0. The van der Waals surface area contributed by atoms with Crippen LogP contribution < -0.4 is 0 Å². The third-order valence-corrected chi connectivity index (χ3v) is 3.62. The molecular formula is C16H26. The van der Waals surface area contributed by atoms with E-state index >= 15 is 0 Å². The van der Waals surface area contributed by atoms with Crippen LogP contribution in [0, 0.1) is 11.8 Å². The van der Waals surface area contributed by atoms with Crippen molar-refractivity contribution in [3.63, 3.8) is 0 Å². The lowest BCUT2D eigenvalue weighted by Gasteiger charge is -2.10. The number of hydrogen-bond acceptors (Lipinski definition) is 0. The van der Waals surface area contributed by atoms with Crippen LogP contribution >= 0.6 is 0 Å². The molecule has 0 aliphatic heterocycles. The van der Waals surface area contributed by atoms with E-state index in [4.69, 9.17) is 0 Å². The average Bonchev–Trinajstić information content (AvgIpc) is 2.76. The van der Waals surface area contributed by atoms with Crippen molar-refractivity contribution >= 4 is 0 Å². The van der Waals surface area contributed by atoms with Crippen molar-refractivity contribution in [2.75, 3.05) is 0 Å². The summed E-state index contributed by atoms with van der Waals surface area (Å²) >= 11 is 0. The normalized spacial score (nSPS) is 18.9. The Labute approximate surface area is 101 Å². The molecule has 90 valence electrons. The minimum absolute atomic E-state index is 0.556. The van der Waals surface area contributed by atoms with Crippen molar-refractivity contribution in [3.05, 3.63) is 36.0 Å². The monoisotopic (exact) mass is 218 g/mol. The first-order chi connectivity index (χ1) is 7.63. The molecule has 0 nitrogen and oxygen atoms in total. The van der Waals surface area contributed by atoms with Gasteiger partial charge in [-0.2, -0.15) is 0 Å². The van der Waals surface area contributed by atoms with Crippen LogP contribution in [0.2, 0.25) is 0 Å². The van der Waals surface area contributed by atoms with Crippen LogP contribution in [0.5, 0.6) is 0 Å². The Hall–Kier alpha value is -0.780. The molecule has 0 heterocycles. The van der Waals surface area contributed by atoms with Gasteiger partial charge in [0.05, 0.1) is 0 Å². The van der Waals surface area contributed by atoms with Gasteiger partial charge in [-0.3, -0.25) is 0 Å². The standard InChI is InChI=1S/C16H26/c1-5-15(11-10-14(4)13(2)3)12-16-8-6-7-9-16/h5,10-11,13,16H,4,6-9,12H2,1-3H3/b11-10-,15-5+. The summed E-state index contributed by atoms with van der Waals surface area (Å²) in [5.74, 6) is 1.49. The molecule has 0 saturated heterocycles. The maximum absolute atomic E-state index is 4.08. The fourth-order valence-electron chi connectivity index (χ4n) is 2.24. The Kier molecular flexibility index (Phi) is 5.59. The van der Waals surface area contributed by atoms with Gasteiger partial charge in [-0.05, 0) is 25.2 Å². The van der Waals surface area contributed by atoms with Crippen molar-refractivity contribution in [3.8, 4) is 0 Å². The molecule has 0 N–H and O–H groups in total. The molecule has 0 aromatic rings. The molecule has 0 bridgehead atoms. The summed E-state index contributed by atoms with van der Waals surface area (Å²) in [5.41, 5.74) is 2.71. The molecule has 1 fully saturated rings. The molecule has 0 amide bonds. The van der Waals surface area contributed by atoms with E-state index in [1.807, 2.05) is 0 Å². The van der Waals surface area contributed by atoms with E-state index in [0.717, 1.165) is 5.92 Å². The SMILES string of the molecule is C=C(/C=C\C(=C/C)CC1CCCC1)C(C)C. The Morgan fingerprint density at radius 2 is 1.88 bits per heavy atom. The lowest BCUT2D eigenvalue weighted by Crippen LogP contribution is -1.95. The predicted molar refractivity (Wildman–Crippen MR) is 73.5 cm³/mol. The molecule has 0 aromatic heterocycles. The second-order valence-corrected chi connectivity index (χ2v) is 5.28. The zero-order chi connectivity index (χ0) is 12.0. The second-order valence-electron chi connectivity index (χ2n) is 5.28. The Morgan fingerprint density at radius 3 is 2.38 bits per heavy atom. The summed E-state index contributed by atoms with van der Waals surface area (Å²) < 4.78 is 0.